The van der Waals surface area contributed by atoms with Crippen LogP contribution in [-0.4, -0.2) is 52.8 Å². The molecule has 108 valence electrons. The van der Waals surface area contributed by atoms with Gasteiger partial charge in [0.05, 0.1) is 12.1 Å². The van der Waals surface area contributed by atoms with Crippen LogP contribution in [0.15, 0.2) is 0 Å². The Morgan fingerprint density at radius 1 is 1.16 bits per heavy atom. The number of aliphatic hydroxyl groups excluding tert-OH is 1. The molecule has 1 unspecified atom stereocenters. The molecule has 1 aromatic rings. The largest absolute Gasteiger partial charge is 0.394 e. The maximum absolute atomic E-state index is 9.44. The Bertz CT molecular complexity index is 405. The topological polar surface area (TPSA) is 86.2 Å². The molecule has 0 radical (unpaired) electrons. The second-order valence-corrected chi connectivity index (χ2v) is 4.90. The van der Waals surface area contributed by atoms with E-state index in [-0.39, 0.29) is 6.61 Å². The van der Waals surface area contributed by atoms with Crippen molar-refractivity contribution in [3.8, 4) is 0 Å². The van der Waals surface area contributed by atoms with Gasteiger partial charge in [-0.15, -0.1) is 0 Å². The number of anilines is 3. The summed E-state index contributed by atoms with van der Waals surface area (Å²) in [6, 6.07) is 0. The van der Waals surface area contributed by atoms with Gasteiger partial charge in [-0.3, -0.25) is 0 Å². The molecule has 0 aromatic carbocycles. The van der Waals surface area contributed by atoms with Gasteiger partial charge in [0.25, 0.3) is 0 Å². The van der Waals surface area contributed by atoms with Crippen LogP contribution in [0.5, 0.6) is 0 Å². The molecular weight excluding hydrogens is 244 g/mol. The zero-order chi connectivity index (χ0) is 14.5. The molecule has 3 N–H and O–H groups in total. The third-order valence-electron chi connectivity index (χ3n) is 2.90. The van der Waals surface area contributed by atoms with Crippen LogP contribution in [0.25, 0.3) is 0 Å². The van der Waals surface area contributed by atoms with E-state index in [2.05, 4.69) is 25.6 Å². The lowest BCUT2D eigenvalue weighted by Crippen LogP contribution is -2.39. The van der Waals surface area contributed by atoms with Crippen LogP contribution >= 0.6 is 0 Å². The highest BCUT2D eigenvalue weighted by atomic mass is 16.3. The number of hydrogen-bond acceptors (Lipinski definition) is 7. The fraction of sp³-hybridized carbons (Fsp3) is 0.750. The van der Waals surface area contributed by atoms with Gasteiger partial charge in [0.15, 0.2) is 0 Å². The summed E-state index contributed by atoms with van der Waals surface area (Å²) in [5, 5.41) is 15.7. The van der Waals surface area contributed by atoms with Gasteiger partial charge in [-0.1, -0.05) is 6.92 Å². The Balaban J connectivity index is 3.05. The Morgan fingerprint density at radius 2 is 1.79 bits per heavy atom. The molecule has 0 fully saturated rings. The highest BCUT2D eigenvalue weighted by Gasteiger charge is 2.22. The van der Waals surface area contributed by atoms with Crippen molar-refractivity contribution in [2.45, 2.75) is 32.7 Å². The van der Waals surface area contributed by atoms with E-state index in [1.54, 1.807) is 0 Å². The number of hydrogen-bond donors (Lipinski definition) is 3. The van der Waals surface area contributed by atoms with Crippen molar-refractivity contribution in [2.24, 2.45) is 0 Å². The van der Waals surface area contributed by atoms with Gasteiger partial charge in [-0.05, 0) is 20.3 Å². The average Bonchev–Trinajstić information content (AvgIpc) is 2.38. The molecule has 0 aliphatic heterocycles. The number of nitrogens with one attached hydrogen (secondary N) is 2. The van der Waals surface area contributed by atoms with Gasteiger partial charge in [-0.2, -0.15) is 15.0 Å². The molecule has 1 heterocycles. The molecule has 0 bridgehead atoms. The van der Waals surface area contributed by atoms with E-state index in [1.165, 1.54) is 0 Å². The lowest BCUT2D eigenvalue weighted by atomic mass is 10.0. The maximum atomic E-state index is 9.44. The quantitative estimate of drug-likeness (QED) is 0.678. The molecule has 7 heteroatoms. The molecule has 7 nitrogen and oxygen atoms in total. The summed E-state index contributed by atoms with van der Waals surface area (Å²) >= 11 is 0. The monoisotopic (exact) mass is 268 g/mol. The van der Waals surface area contributed by atoms with Crippen molar-refractivity contribution in [1.82, 2.24) is 15.0 Å². The highest BCUT2D eigenvalue weighted by Crippen LogP contribution is 2.18. The molecule has 0 saturated carbocycles. The van der Waals surface area contributed by atoms with Crippen LogP contribution in [0.2, 0.25) is 0 Å². The van der Waals surface area contributed by atoms with Gasteiger partial charge in [0, 0.05) is 20.6 Å². The van der Waals surface area contributed by atoms with Gasteiger partial charge >= 0.3 is 0 Å². The fourth-order valence-electron chi connectivity index (χ4n) is 1.37. The number of aromatic nitrogens is 3. The fourth-order valence-corrected chi connectivity index (χ4v) is 1.37. The molecule has 1 aromatic heterocycles. The highest BCUT2D eigenvalue weighted by molar-refractivity contribution is 5.44. The van der Waals surface area contributed by atoms with Crippen molar-refractivity contribution in [3.63, 3.8) is 0 Å². The Hall–Kier alpha value is -1.63. The van der Waals surface area contributed by atoms with Gasteiger partial charge < -0.3 is 20.6 Å². The first-order valence-corrected chi connectivity index (χ1v) is 6.50. The number of nitrogens with zero attached hydrogens (tertiary/aromatic N) is 4. The van der Waals surface area contributed by atoms with E-state index in [4.69, 9.17) is 0 Å². The zero-order valence-corrected chi connectivity index (χ0v) is 12.4. The van der Waals surface area contributed by atoms with E-state index in [1.807, 2.05) is 39.8 Å². The SMILES string of the molecule is CCNc1nc(NC(C)(CC)CO)nc(N(C)C)n1. The minimum Gasteiger partial charge on any atom is -0.394 e. The predicted octanol–water partition coefficient (Wildman–Crippen LogP) is 0.942. The third kappa shape index (κ3) is 4.20. The molecule has 19 heavy (non-hydrogen) atoms. The summed E-state index contributed by atoms with van der Waals surface area (Å²) in [5.41, 5.74) is -0.436. The Morgan fingerprint density at radius 3 is 2.26 bits per heavy atom. The normalized spacial score (nSPS) is 13.8. The molecule has 0 aliphatic rings. The van der Waals surface area contributed by atoms with Crippen LogP contribution in [-0.2, 0) is 0 Å². The van der Waals surface area contributed by atoms with Crippen molar-refractivity contribution in [3.05, 3.63) is 0 Å². The summed E-state index contributed by atoms with van der Waals surface area (Å²) in [4.78, 5) is 14.8. The minimum absolute atomic E-state index is 0.0169. The molecule has 0 saturated heterocycles. The first-order chi connectivity index (χ1) is 8.94. The van der Waals surface area contributed by atoms with Crippen LogP contribution < -0.4 is 15.5 Å². The van der Waals surface area contributed by atoms with E-state index in [9.17, 15) is 5.11 Å². The second-order valence-electron chi connectivity index (χ2n) is 4.90. The average molecular weight is 268 g/mol. The number of rotatable bonds is 7. The number of aliphatic hydroxyl groups is 1. The van der Waals surface area contributed by atoms with Gasteiger partial charge in [0.1, 0.15) is 0 Å². The van der Waals surface area contributed by atoms with E-state index < -0.39 is 5.54 Å². The lowest BCUT2D eigenvalue weighted by molar-refractivity contribution is 0.218. The molecule has 0 amide bonds. The van der Waals surface area contributed by atoms with Gasteiger partial charge in [0.2, 0.25) is 17.8 Å². The summed E-state index contributed by atoms with van der Waals surface area (Å²) < 4.78 is 0. The van der Waals surface area contributed by atoms with E-state index >= 15 is 0 Å². The molecule has 1 atom stereocenters. The summed E-state index contributed by atoms with van der Waals surface area (Å²) in [5.74, 6) is 1.57. The molecular formula is C12H24N6O. The molecule has 0 aliphatic carbocycles. The van der Waals surface area contributed by atoms with E-state index in [0.29, 0.717) is 17.8 Å². The standard InChI is InChI=1S/C12H24N6O/c1-6-12(3,8-19)17-10-14-9(13-7-2)15-11(16-10)18(4)5/h19H,6-8H2,1-5H3,(H2,13,14,15,16,17). The maximum Gasteiger partial charge on any atom is 0.231 e. The Labute approximate surface area is 114 Å². The Kier molecular flexibility index (Phi) is 5.29. The minimum atomic E-state index is -0.436. The first-order valence-electron chi connectivity index (χ1n) is 6.50. The third-order valence-corrected chi connectivity index (χ3v) is 2.90. The van der Waals surface area contributed by atoms with Crippen molar-refractivity contribution >= 4 is 17.8 Å². The predicted molar refractivity (Wildman–Crippen MR) is 77.7 cm³/mol. The van der Waals surface area contributed by atoms with Crippen molar-refractivity contribution in [1.29, 1.82) is 0 Å². The lowest BCUT2D eigenvalue weighted by Gasteiger charge is -2.27. The second kappa shape index (κ2) is 6.51. The molecule has 1 rings (SSSR count). The smallest absolute Gasteiger partial charge is 0.231 e. The van der Waals surface area contributed by atoms with Crippen molar-refractivity contribution in [2.75, 3.05) is 42.8 Å². The zero-order valence-electron chi connectivity index (χ0n) is 12.4. The van der Waals surface area contributed by atoms with Crippen molar-refractivity contribution < 1.29 is 5.11 Å². The van der Waals surface area contributed by atoms with Crippen LogP contribution in [0.1, 0.15) is 27.2 Å². The summed E-state index contributed by atoms with van der Waals surface area (Å²) in [7, 11) is 3.75. The van der Waals surface area contributed by atoms with E-state index in [0.717, 1.165) is 13.0 Å². The van der Waals surface area contributed by atoms with Crippen LogP contribution in [0, 0.1) is 0 Å². The summed E-state index contributed by atoms with van der Waals surface area (Å²) in [6.07, 6.45) is 0.767. The molecule has 0 spiro atoms. The van der Waals surface area contributed by atoms with Gasteiger partial charge in [-0.25, -0.2) is 0 Å². The summed E-state index contributed by atoms with van der Waals surface area (Å²) in [6.45, 7) is 6.67. The van der Waals surface area contributed by atoms with Crippen LogP contribution in [0.4, 0.5) is 17.8 Å². The first kappa shape index (κ1) is 15.4. The van der Waals surface area contributed by atoms with Crippen LogP contribution in [0.3, 0.4) is 0 Å².